The van der Waals surface area contributed by atoms with Gasteiger partial charge >= 0.3 is 0 Å². The number of sulfone groups is 1. The molecule has 3 aromatic rings. The van der Waals surface area contributed by atoms with Crippen molar-refractivity contribution in [1.29, 1.82) is 0 Å². The first-order chi connectivity index (χ1) is 15.2. The number of nitrogens with two attached hydrogens (primary N) is 1. The van der Waals surface area contributed by atoms with Crippen molar-refractivity contribution in [3.05, 3.63) is 59.4 Å². The average molecular weight is 474 g/mol. The van der Waals surface area contributed by atoms with E-state index in [0.29, 0.717) is 24.4 Å². The first-order valence-electron chi connectivity index (χ1n) is 9.76. The number of halogens is 1. The molecule has 1 aromatic heterocycles. The van der Waals surface area contributed by atoms with E-state index in [9.17, 15) is 18.0 Å². The van der Waals surface area contributed by atoms with Crippen molar-refractivity contribution in [3.8, 4) is 0 Å². The third-order valence-corrected chi connectivity index (χ3v) is 7.08. The van der Waals surface area contributed by atoms with Gasteiger partial charge in [0.1, 0.15) is 17.9 Å². The van der Waals surface area contributed by atoms with Crippen LogP contribution in [-0.2, 0) is 26.0 Å². The normalized spacial score (nSPS) is 14.7. The molecule has 4 rings (SSSR count). The number of nitrogens with zero attached hydrogens (tertiary/aromatic N) is 4. The zero-order valence-corrected chi connectivity index (χ0v) is 18.5. The van der Waals surface area contributed by atoms with Crippen LogP contribution in [0.4, 0.5) is 5.82 Å². The average Bonchev–Trinajstić information content (AvgIpc) is 2.75. The van der Waals surface area contributed by atoms with E-state index in [1.807, 2.05) is 18.2 Å². The molecule has 1 aliphatic heterocycles. The summed E-state index contributed by atoms with van der Waals surface area (Å²) in [5.74, 6) is -1.20. The van der Waals surface area contributed by atoms with Crippen LogP contribution in [0.15, 0.2) is 53.7 Å². The number of nitrogen functional groups attached to an aromatic ring is 1. The second kappa shape index (κ2) is 8.71. The summed E-state index contributed by atoms with van der Waals surface area (Å²) in [5.41, 5.74) is 7.39. The molecule has 2 amide bonds. The van der Waals surface area contributed by atoms with Crippen LogP contribution in [0, 0.1) is 0 Å². The fourth-order valence-electron chi connectivity index (χ4n) is 3.53. The summed E-state index contributed by atoms with van der Waals surface area (Å²) < 4.78 is 25.1. The number of aromatic nitrogens is 2. The van der Waals surface area contributed by atoms with Crippen LogP contribution in [0.1, 0.15) is 5.56 Å². The SMILES string of the molecule is Nc1ncnc2cc(CN3CCN(C(=O)CS(=O)(=O)c4cccc(Cl)c4)CC3=O)ccc12. The highest BCUT2D eigenvalue weighted by Crippen LogP contribution is 2.20. The van der Waals surface area contributed by atoms with E-state index in [4.69, 9.17) is 17.3 Å². The summed E-state index contributed by atoms with van der Waals surface area (Å²) in [5, 5.41) is 1.00. The number of hydrogen-bond donors (Lipinski definition) is 1. The quantitative estimate of drug-likeness (QED) is 0.595. The number of carbonyl (C=O) groups excluding carboxylic acids is 2. The lowest BCUT2D eigenvalue weighted by Gasteiger charge is -2.34. The van der Waals surface area contributed by atoms with Gasteiger partial charge in [-0.1, -0.05) is 23.7 Å². The lowest BCUT2D eigenvalue weighted by atomic mass is 10.1. The van der Waals surface area contributed by atoms with Crippen LogP contribution in [0.5, 0.6) is 0 Å². The van der Waals surface area contributed by atoms with Gasteiger partial charge in [-0.3, -0.25) is 9.59 Å². The molecule has 0 unspecified atom stereocenters. The Bertz CT molecular complexity index is 1310. The van der Waals surface area contributed by atoms with Gasteiger partial charge in [0.15, 0.2) is 9.84 Å². The molecule has 2 aromatic carbocycles. The van der Waals surface area contributed by atoms with Crippen molar-refractivity contribution in [1.82, 2.24) is 19.8 Å². The molecule has 2 heterocycles. The van der Waals surface area contributed by atoms with Gasteiger partial charge in [0.05, 0.1) is 17.0 Å². The molecule has 0 radical (unpaired) electrons. The number of carbonyl (C=O) groups is 2. The number of piperazine rings is 1. The zero-order chi connectivity index (χ0) is 22.9. The molecule has 2 N–H and O–H groups in total. The maximum absolute atomic E-state index is 12.6. The van der Waals surface area contributed by atoms with Crippen molar-refractivity contribution in [2.45, 2.75) is 11.4 Å². The Labute approximate surface area is 189 Å². The van der Waals surface area contributed by atoms with Crippen molar-refractivity contribution >= 4 is 50.0 Å². The largest absolute Gasteiger partial charge is 0.383 e. The first-order valence-corrected chi connectivity index (χ1v) is 11.8. The minimum absolute atomic E-state index is 0.0240. The van der Waals surface area contributed by atoms with E-state index in [-0.39, 0.29) is 28.9 Å². The lowest BCUT2D eigenvalue weighted by molar-refractivity contribution is -0.144. The van der Waals surface area contributed by atoms with Crippen LogP contribution in [0.2, 0.25) is 5.02 Å². The summed E-state index contributed by atoms with van der Waals surface area (Å²) in [7, 11) is -3.86. The number of rotatable bonds is 5. The lowest BCUT2D eigenvalue weighted by Crippen LogP contribution is -2.52. The highest BCUT2D eigenvalue weighted by Gasteiger charge is 2.30. The molecule has 32 heavy (non-hydrogen) atoms. The van der Waals surface area contributed by atoms with E-state index in [1.165, 1.54) is 29.4 Å². The molecular weight excluding hydrogens is 454 g/mol. The standard InChI is InChI=1S/C21H20ClN5O4S/c22-15-2-1-3-16(9-15)32(30,31)12-20(29)27-7-6-26(19(28)11-27)10-14-4-5-17-18(8-14)24-13-25-21(17)23/h1-5,8-9,13H,6-7,10-12H2,(H2,23,24,25). The van der Waals surface area contributed by atoms with Crippen molar-refractivity contribution in [2.75, 3.05) is 31.1 Å². The van der Waals surface area contributed by atoms with Crippen LogP contribution < -0.4 is 5.73 Å². The minimum Gasteiger partial charge on any atom is -0.383 e. The molecule has 11 heteroatoms. The first kappa shape index (κ1) is 22.0. The maximum Gasteiger partial charge on any atom is 0.242 e. The van der Waals surface area contributed by atoms with Gasteiger partial charge in [0.2, 0.25) is 11.8 Å². The van der Waals surface area contributed by atoms with Crippen LogP contribution >= 0.6 is 11.6 Å². The molecule has 0 atom stereocenters. The van der Waals surface area contributed by atoms with Crippen LogP contribution in [0.3, 0.4) is 0 Å². The monoisotopic (exact) mass is 473 g/mol. The maximum atomic E-state index is 12.6. The molecule has 0 aliphatic carbocycles. The molecule has 0 bridgehead atoms. The summed E-state index contributed by atoms with van der Waals surface area (Å²) in [6.45, 7) is 0.720. The van der Waals surface area contributed by atoms with Gasteiger partial charge in [-0.05, 0) is 35.9 Å². The number of amides is 2. The summed E-state index contributed by atoms with van der Waals surface area (Å²) in [6, 6.07) is 11.3. The molecule has 1 fully saturated rings. The van der Waals surface area contributed by atoms with Gasteiger partial charge in [-0.2, -0.15) is 0 Å². The molecule has 1 aliphatic rings. The van der Waals surface area contributed by atoms with Gasteiger partial charge in [-0.25, -0.2) is 18.4 Å². The third-order valence-electron chi connectivity index (χ3n) is 5.25. The number of benzene rings is 2. The molecule has 9 nitrogen and oxygen atoms in total. The second-order valence-corrected chi connectivity index (χ2v) is 9.88. The van der Waals surface area contributed by atoms with Gasteiger partial charge in [0, 0.05) is 30.0 Å². The van der Waals surface area contributed by atoms with Crippen LogP contribution in [-0.4, -0.2) is 65.4 Å². The van der Waals surface area contributed by atoms with Crippen LogP contribution in [0.25, 0.3) is 10.9 Å². The van der Waals surface area contributed by atoms with Gasteiger partial charge < -0.3 is 15.5 Å². The Hall–Kier alpha value is -3.24. The zero-order valence-electron chi connectivity index (χ0n) is 16.9. The number of fused-ring (bicyclic) bond motifs is 1. The highest BCUT2D eigenvalue weighted by molar-refractivity contribution is 7.92. The molecule has 1 saturated heterocycles. The van der Waals surface area contributed by atoms with E-state index < -0.39 is 21.5 Å². The van der Waals surface area contributed by atoms with E-state index in [0.717, 1.165) is 10.9 Å². The topological polar surface area (TPSA) is 127 Å². The summed E-state index contributed by atoms with van der Waals surface area (Å²) in [6.07, 6.45) is 1.38. The minimum atomic E-state index is -3.86. The molecule has 166 valence electrons. The molecule has 0 spiro atoms. The van der Waals surface area contributed by atoms with Crippen molar-refractivity contribution in [3.63, 3.8) is 0 Å². The summed E-state index contributed by atoms with van der Waals surface area (Å²) >= 11 is 5.85. The van der Waals surface area contributed by atoms with Crippen molar-refractivity contribution < 1.29 is 18.0 Å². The Kier molecular flexibility index (Phi) is 5.98. The predicted molar refractivity (Wildman–Crippen MR) is 119 cm³/mol. The number of anilines is 1. The Morgan fingerprint density at radius 3 is 2.69 bits per heavy atom. The fourth-order valence-corrected chi connectivity index (χ4v) is 5.05. The third kappa shape index (κ3) is 4.66. The smallest absolute Gasteiger partial charge is 0.242 e. The van der Waals surface area contributed by atoms with Gasteiger partial charge in [0.25, 0.3) is 0 Å². The fraction of sp³-hybridized carbons (Fsp3) is 0.238. The second-order valence-electron chi connectivity index (χ2n) is 7.46. The van der Waals surface area contributed by atoms with E-state index >= 15 is 0 Å². The predicted octanol–water partition coefficient (Wildman–Crippen LogP) is 1.51. The van der Waals surface area contributed by atoms with E-state index in [2.05, 4.69) is 9.97 Å². The van der Waals surface area contributed by atoms with Crippen molar-refractivity contribution in [2.24, 2.45) is 0 Å². The Morgan fingerprint density at radius 2 is 1.94 bits per heavy atom. The molecular formula is C21H20ClN5O4S. The molecule has 0 saturated carbocycles. The number of hydrogen-bond acceptors (Lipinski definition) is 7. The van der Waals surface area contributed by atoms with Gasteiger partial charge in [-0.15, -0.1) is 0 Å². The highest BCUT2D eigenvalue weighted by atomic mass is 35.5. The Balaban J connectivity index is 1.40. The van der Waals surface area contributed by atoms with E-state index in [1.54, 1.807) is 11.0 Å². The summed E-state index contributed by atoms with van der Waals surface area (Å²) in [4.78, 5) is 36.2. The Morgan fingerprint density at radius 1 is 1.12 bits per heavy atom.